The number of carbonyl (C=O) groups is 2. The second-order valence-corrected chi connectivity index (χ2v) is 11.4. The van der Waals surface area contributed by atoms with Crippen molar-refractivity contribution in [1.82, 2.24) is 4.57 Å². The van der Waals surface area contributed by atoms with Gasteiger partial charge in [0.15, 0.2) is 14.2 Å². The molecule has 5 heteroatoms. The van der Waals surface area contributed by atoms with Crippen molar-refractivity contribution < 1.29 is 14.3 Å². The summed E-state index contributed by atoms with van der Waals surface area (Å²) in [4.78, 5) is 23.6. The predicted molar refractivity (Wildman–Crippen MR) is 69.0 cm³/mol. The summed E-state index contributed by atoms with van der Waals surface area (Å²) in [7, 11) is -0.541. The van der Waals surface area contributed by atoms with Crippen LogP contribution in [-0.4, -0.2) is 37.8 Å². The molecule has 1 amide bonds. The van der Waals surface area contributed by atoms with Crippen LogP contribution in [0.25, 0.3) is 0 Å². The molecule has 0 saturated carbocycles. The first-order valence-corrected chi connectivity index (χ1v) is 8.91. The van der Waals surface area contributed by atoms with Crippen molar-refractivity contribution in [2.24, 2.45) is 5.92 Å². The van der Waals surface area contributed by atoms with Crippen molar-refractivity contribution in [3.05, 3.63) is 0 Å². The highest BCUT2D eigenvalue weighted by Crippen LogP contribution is 2.44. The third-order valence-corrected chi connectivity index (χ3v) is 9.79. The number of methoxy groups -OCH3 is 1. The summed E-state index contributed by atoms with van der Waals surface area (Å²) in [5, 5.41) is 0.0952. The van der Waals surface area contributed by atoms with Crippen LogP contribution in [-0.2, 0) is 14.3 Å². The van der Waals surface area contributed by atoms with Gasteiger partial charge in [0, 0.05) is 6.04 Å². The molecule has 0 radical (unpaired) electrons. The van der Waals surface area contributed by atoms with E-state index < -0.39 is 20.1 Å². The van der Waals surface area contributed by atoms with Crippen LogP contribution in [0.3, 0.4) is 0 Å². The number of rotatable bonds is 2. The Hall–Kier alpha value is -0.843. The molecule has 2 atom stereocenters. The smallest absolute Gasteiger partial charge is 0.320 e. The molecule has 0 unspecified atom stereocenters. The van der Waals surface area contributed by atoms with Crippen LogP contribution in [0.5, 0.6) is 0 Å². The van der Waals surface area contributed by atoms with Crippen molar-refractivity contribution in [2.75, 3.05) is 7.11 Å². The van der Waals surface area contributed by atoms with Crippen molar-refractivity contribution in [1.29, 1.82) is 0 Å². The Morgan fingerprint density at radius 1 is 1.35 bits per heavy atom. The third kappa shape index (κ3) is 2.01. The molecular formula is C12H23NO3Si. The van der Waals surface area contributed by atoms with Crippen molar-refractivity contribution in [3.8, 4) is 0 Å². The fourth-order valence-corrected chi connectivity index (χ4v) is 4.77. The predicted octanol–water partition coefficient (Wildman–Crippen LogP) is 2.01. The second-order valence-electron chi connectivity index (χ2n) is 6.26. The number of amides is 1. The Morgan fingerprint density at radius 2 is 1.82 bits per heavy atom. The zero-order valence-corrected chi connectivity index (χ0v) is 12.8. The van der Waals surface area contributed by atoms with Gasteiger partial charge in [-0.1, -0.05) is 33.9 Å². The molecule has 0 bridgehead atoms. The van der Waals surface area contributed by atoms with E-state index in [2.05, 4.69) is 38.6 Å². The first-order chi connectivity index (χ1) is 7.55. The van der Waals surface area contributed by atoms with Crippen molar-refractivity contribution in [3.63, 3.8) is 0 Å². The van der Waals surface area contributed by atoms with E-state index in [0.717, 1.165) is 0 Å². The molecule has 0 spiro atoms. The highest BCUT2D eigenvalue weighted by atomic mass is 28.3. The summed E-state index contributed by atoms with van der Waals surface area (Å²) in [5.41, 5.74) is 0. The molecule has 1 saturated heterocycles. The minimum absolute atomic E-state index is 0.0316. The zero-order valence-electron chi connectivity index (χ0n) is 11.8. The maximum Gasteiger partial charge on any atom is 0.320 e. The fourth-order valence-electron chi connectivity index (χ4n) is 2.19. The standard InChI is InChI=1S/C12H23NO3Si/c1-8-9(11(15)16-5)10(14)13(8)17(6,7)12(2,3)4/h8-9H,1-7H3/t8-,9-/m0/s1. The number of nitrogens with zero attached hydrogens (tertiary/aromatic N) is 1. The van der Waals surface area contributed by atoms with E-state index in [1.165, 1.54) is 7.11 Å². The van der Waals surface area contributed by atoms with Gasteiger partial charge in [-0.05, 0) is 12.0 Å². The molecular weight excluding hydrogens is 234 g/mol. The summed E-state index contributed by atoms with van der Waals surface area (Å²) in [6.45, 7) is 12.8. The molecule has 0 aromatic rings. The quantitative estimate of drug-likeness (QED) is 0.329. The highest BCUT2D eigenvalue weighted by Gasteiger charge is 2.58. The van der Waals surface area contributed by atoms with Crippen LogP contribution in [0.4, 0.5) is 0 Å². The average molecular weight is 257 g/mol. The van der Waals surface area contributed by atoms with E-state index in [4.69, 9.17) is 0 Å². The third-order valence-electron chi connectivity index (χ3n) is 4.29. The van der Waals surface area contributed by atoms with E-state index >= 15 is 0 Å². The number of carbonyl (C=O) groups excluding carboxylic acids is 2. The molecule has 1 aliphatic heterocycles. The first kappa shape index (κ1) is 14.2. The largest absolute Gasteiger partial charge is 0.468 e. The summed E-state index contributed by atoms with van der Waals surface area (Å²) in [5.74, 6) is -1.05. The Morgan fingerprint density at radius 3 is 2.12 bits per heavy atom. The minimum atomic E-state index is -1.87. The topological polar surface area (TPSA) is 46.6 Å². The lowest BCUT2D eigenvalue weighted by molar-refractivity contribution is -0.164. The Bertz CT molecular complexity index is 346. The first-order valence-electron chi connectivity index (χ1n) is 5.96. The zero-order chi connectivity index (χ0) is 13.6. The van der Waals surface area contributed by atoms with Gasteiger partial charge in [0.2, 0.25) is 5.91 Å². The maximum absolute atomic E-state index is 12.1. The van der Waals surface area contributed by atoms with E-state index in [0.29, 0.717) is 0 Å². The van der Waals surface area contributed by atoms with Gasteiger partial charge in [0.25, 0.3) is 0 Å². The van der Waals surface area contributed by atoms with Gasteiger partial charge in [-0.3, -0.25) is 9.59 Å². The number of hydrogen-bond acceptors (Lipinski definition) is 3. The van der Waals surface area contributed by atoms with Crippen LogP contribution in [0.1, 0.15) is 27.7 Å². The number of β-lactam (4-membered cyclic amide) rings is 1. The molecule has 0 aromatic heterocycles. The van der Waals surface area contributed by atoms with Gasteiger partial charge < -0.3 is 9.30 Å². The molecule has 0 aromatic carbocycles. The Kier molecular flexibility index (Phi) is 3.45. The average Bonchev–Trinajstić information content (AvgIpc) is 2.15. The summed E-state index contributed by atoms with van der Waals surface area (Å²) in [6, 6.07) is -0.0316. The number of ether oxygens (including phenoxy) is 1. The minimum Gasteiger partial charge on any atom is -0.468 e. The molecule has 1 aliphatic rings. The summed E-state index contributed by atoms with van der Waals surface area (Å²) < 4.78 is 6.61. The molecule has 4 nitrogen and oxygen atoms in total. The lowest BCUT2D eigenvalue weighted by atomic mass is 9.92. The molecule has 17 heavy (non-hydrogen) atoms. The molecule has 98 valence electrons. The molecule has 0 N–H and O–H groups in total. The maximum atomic E-state index is 12.1. The molecule has 1 heterocycles. The van der Waals surface area contributed by atoms with Crippen LogP contribution < -0.4 is 0 Å². The normalized spacial score (nSPS) is 25.6. The Labute approximate surface area is 104 Å². The van der Waals surface area contributed by atoms with Crippen LogP contribution in [0.2, 0.25) is 18.1 Å². The summed E-state index contributed by atoms with van der Waals surface area (Å²) >= 11 is 0. The number of hydrogen-bond donors (Lipinski definition) is 0. The fraction of sp³-hybridized carbons (Fsp3) is 0.833. The van der Waals surface area contributed by atoms with Gasteiger partial charge in [-0.15, -0.1) is 0 Å². The van der Waals surface area contributed by atoms with Crippen molar-refractivity contribution in [2.45, 2.75) is 51.9 Å². The summed E-state index contributed by atoms with van der Waals surface area (Å²) in [6.07, 6.45) is 0. The molecule has 1 rings (SSSR count). The number of esters is 1. The van der Waals surface area contributed by atoms with Crippen LogP contribution in [0, 0.1) is 5.92 Å². The van der Waals surface area contributed by atoms with E-state index in [9.17, 15) is 9.59 Å². The van der Waals surface area contributed by atoms with Crippen LogP contribution in [0.15, 0.2) is 0 Å². The van der Waals surface area contributed by atoms with E-state index in [-0.39, 0.29) is 17.0 Å². The van der Waals surface area contributed by atoms with Gasteiger partial charge in [-0.2, -0.15) is 0 Å². The highest BCUT2D eigenvalue weighted by molar-refractivity contribution is 6.80. The Balaban J connectivity index is 2.93. The van der Waals surface area contributed by atoms with Crippen LogP contribution >= 0.6 is 0 Å². The molecule has 1 fully saturated rings. The van der Waals surface area contributed by atoms with Gasteiger partial charge in [0.05, 0.1) is 7.11 Å². The van der Waals surface area contributed by atoms with Gasteiger partial charge in [-0.25, -0.2) is 0 Å². The van der Waals surface area contributed by atoms with E-state index in [1.807, 2.05) is 11.5 Å². The molecule has 0 aliphatic carbocycles. The van der Waals surface area contributed by atoms with Gasteiger partial charge in [0.1, 0.15) is 0 Å². The van der Waals surface area contributed by atoms with E-state index in [1.54, 1.807) is 0 Å². The lowest BCUT2D eigenvalue weighted by Gasteiger charge is -2.56. The van der Waals surface area contributed by atoms with Crippen molar-refractivity contribution >= 4 is 20.1 Å². The SMILES string of the molecule is COC(=O)[C@@H]1C(=O)N([Si](C)(C)C(C)(C)C)[C@H]1C. The lowest BCUT2D eigenvalue weighted by Crippen LogP contribution is -2.73. The second kappa shape index (κ2) is 4.12. The van der Waals surface area contributed by atoms with Gasteiger partial charge >= 0.3 is 5.97 Å². The monoisotopic (exact) mass is 257 g/mol.